The maximum atomic E-state index is 12.6. The summed E-state index contributed by atoms with van der Waals surface area (Å²) in [6.45, 7) is 1.18. The molecule has 0 saturated carbocycles. The maximum absolute atomic E-state index is 12.6. The van der Waals surface area contributed by atoms with Gasteiger partial charge in [-0.15, -0.1) is 0 Å². The van der Waals surface area contributed by atoms with Crippen LogP contribution >= 0.6 is 0 Å². The lowest BCUT2D eigenvalue weighted by atomic mass is 9.86. The molecule has 1 spiro atoms. The van der Waals surface area contributed by atoms with Crippen LogP contribution in [0.1, 0.15) is 12.8 Å². The zero-order valence-electron chi connectivity index (χ0n) is 16.5. The molecule has 1 unspecified atom stereocenters. The van der Waals surface area contributed by atoms with Gasteiger partial charge in [0.2, 0.25) is 15.9 Å². The van der Waals surface area contributed by atoms with Gasteiger partial charge in [-0.05, 0) is 12.1 Å². The molecule has 1 atom stereocenters. The summed E-state index contributed by atoms with van der Waals surface area (Å²) in [6, 6.07) is 3.17. The quantitative estimate of drug-likeness (QED) is 0.697. The SMILES string of the molecule is O=C(O)C(F)(F)F.O=S(=O)(c1cccnc1)N1CC2(CC(Oc3cnccn3)CCO2)C1. The van der Waals surface area contributed by atoms with E-state index in [0.717, 1.165) is 6.42 Å². The van der Waals surface area contributed by atoms with Crippen LogP contribution in [0.4, 0.5) is 13.2 Å². The fourth-order valence-corrected chi connectivity index (χ4v) is 4.79. The normalized spacial score (nSPS) is 20.5. The van der Waals surface area contributed by atoms with Gasteiger partial charge >= 0.3 is 12.1 Å². The van der Waals surface area contributed by atoms with Crippen LogP contribution in [0, 0.1) is 0 Å². The number of alkyl halides is 3. The molecule has 2 aromatic rings. The molecule has 2 aromatic heterocycles. The molecule has 10 nitrogen and oxygen atoms in total. The second-order valence-corrected chi connectivity index (χ2v) is 9.01. The molecule has 0 aromatic carbocycles. The Balaban J connectivity index is 0.000000360. The smallest absolute Gasteiger partial charge is 0.475 e. The Hall–Kier alpha value is -2.84. The number of ether oxygens (including phenoxy) is 2. The number of carbonyl (C=O) groups is 1. The van der Waals surface area contributed by atoms with Gasteiger partial charge < -0.3 is 14.6 Å². The number of sulfonamides is 1. The van der Waals surface area contributed by atoms with Crippen molar-refractivity contribution >= 4 is 16.0 Å². The molecule has 174 valence electrons. The number of nitrogens with zero attached hydrogens (tertiary/aromatic N) is 4. The molecule has 4 rings (SSSR count). The van der Waals surface area contributed by atoms with E-state index in [4.69, 9.17) is 19.4 Å². The summed E-state index contributed by atoms with van der Waals surface area (Å²) < 4.78 is 70.1. The van der Waals surface area contributed by atoms with Gasteiger partial charge in [-0.2, -0.15) is 17.5 Å². The third kappa shape index (κ3) is 5.69. The van der Waals surface area contributed by atoms with Gasteiger partial charge in [0.1, 0.15) is 11.0 Å². The molecule has 14 heteroatoms. The minimum Gasteiger partial charge on any atom is -0.475 e. The third-order valence-corrected chi connectivity index (χ3v) is 6.49. The van der Waals surface area contributed by atoms with Gasteiger partial charge in [0.15, 0.2) is 0 Å². The molecule has 1 N–H and O–H groups in total. The first-order valence-corrected chi connectivity index (χ1v) is 10.7. The lowest BCUT2D eigenvalue weighted by Gasteiger charge is -2.51. The Kier molecular flexibility index (Phi) is 6.95. The summed E-state index contributed by atoms with van der Waals surface area (Å²) in [5, 5.41) is 7.12. The van der Waals surface area contributed by atoms with E-state index < -0.39 is 27.8 Å². The van der Waals surface area contributed by atoms with E-state index in [2.05, 4.69) is 15.0 Å². The Bertz CT molecular complexity index is 1020. The predicted molar refractivity (Wildman–Crippen MR) is 101 cm³/mol. The standard InChI is InChI=1S/C16H18N4O4S.C2HF3O2/c21-25(22,14-2-1-4-17-9-14)20-11-16(12-20)8-13(3-7-23-16)24-15-10-18-5-6-19-15;3-2(4,5)1(6)7/h1-2,4-6,9-10,13H,3,7-8,11-12H2;(H,6,7). The van der Waals surface area contributed by atoms with Crippen LogP contribution in [-0.2, 0) is 19.6 Å². The van der Waals surface area contributed by atoms with E-state index in [1.165, 1.54) is 10.5 Å². The molecule has 0 bridgehead atoms. The first-order chi connectivity index (χ1) is 15.0. The maximum Gasteiger partial charge on any atom is 0.490 e. The highest BCUT2D eigenvalue weighted by Crippen LogP contribution is 2.38. The number of halogens is 3. The Labute approximate surface area is 181 Å². The summed E-state index contributed by atoms with van der Waals surface area (Å²) in [5.41, 5.74) is -0.486. The molecule has 0 amide bonds. The van der Waals surface area contributed by atoms with E-state index >= 15 is 0 Å². The van der Waals surface area contributed by atoms with Crippen molar-refractivity contribution in [3.63, 3.8) is 0 Å². The number of hydrogen-bond acceptors (Lipinski definition) is 8. The van der Waals surface area contributed by atoms with Crippen molar-refractivity contribution < 1.29 is 41.0 Å². The second-order valence-electron chi connectivity index (χ2n) is 7.07. The van der Waals surface area contributed by atoms with Crippen molar-refractivity contribution in [3.8, 4) is 5.88 Å². The summed E-state index contributed by atoms with van der Waals surface area (Å²) in [4.78, 5) is 21.1. The Morgan fingerprint density at radius 1 is 1.22 bits per heavy atom. The number of hydrogen-bond donors (Lipinski definition) is 1. The van der Waals surface area contributed by atoms with Crippen LogP contribution in [0.2, 0.25) is 0 Å². The number of carboxylic acid groups (broad SMARTS) is 1. The monoisotopic (exact) mass is 476 g/mol. The number of carboxylic acids is 1. The highest BCUT2D eigenvalue weighted by atomic mass is 32.2. The van der Waals surface area contributed by atoms with E-state index in [9.17, 15) is 21.6 Å². The van der Waals surface area contributed by atoms with E-state index in [0.29, 0.717) is 32.0 Å². The molecule has 2 aliphatic rings. The van der Waals surface area contributed by atoms with Crippen molar-refractivity contribution in [2.75, 3.05) is 19.7 Å². The zero-order chi connectivity index (χ0) is 23.4. The molecule has 2 saturated heterocycles. The molecule has 2 fully saturated rings. The Morgan fingerprint density at radius 2 is 1.91 bits per heavy atom. The minimum absolute atomic E-state index is 0.0614. The first kappa shape index (κ1) is 23.8. The molecule has 4 heterocycles. The lowest BCUT2D eigenvalue weighted by molar-refractivity contribution is -0.192. The largest absolute Gasteiger partial charge is 0.490 e. The van der Waals surface area contributed by atoms with Crippen molar-refractivity contribution in [2.24, 2.45) is 0 Å². The van der Waals surface area contributed by atoms with Crippen molar-refractivity contribution in [1.82, 2.24) is 19.3 Å². The van der Waals surface area contributed by atoms with Gasteiger partial charge in [0, 0.05) is 50.7 Å². The Morgan fingerprint density at radius 3 is 2.47 bits per heavy atom. The number of aliphatic carboxylic acids is 1. The van der Waals surface area contributed by atoms with Crippen LogP contribution in [-0.4, -0.2) is 76.3 Å². The first-order valence-electron chi connectivity index (χ1n) is 9.29. The van der Waals surface area contributed by atoms with Gasteiger partial charge in [-0.1, -0.05) is 0 Å². The van der Waals surface area contributed by atoms with Crippen LogP contribution in [0.15, 0.2) is 48.0 Å². The van der Waals surface area contributed by atoms with E-state index in [-0.39, 0.29) is 11.0 Å². The van der Waals surface area contributed by atoms with Crippen LogP contribution in [0.3, 0.4) is 0 Å². The van der Waals surface area contributed by atoms with Crippen LogP contribution < -0.4 is 4.74 Å². The fraction of sp³-hybridized carbons (Fsp3) is 0.444. The summed E-state index contributed by atoms with van der Waals surface area (Å²) >= 11 is 0. The highest BCUT2D eigenvalue weighted by Gasteiger charge is 2.52. The van der Waals surface area contributed by atoms with Crippen molar-refractivity contribution in [3.05, 3.63) is 43.1 Å². The average molecular weight is 476 g/mol. The number of aromatic nitrogens is 3. The van der Waals surface area contributed by atoms with Gasteiger partial charge in [0.25, 0.3) is 0 Å². The second kappa shape index (κ2) is 9.34. The lowest BCUT2D eigenvalue weighted by Crippen LogP contribution is -2.67. The van der Waals surface area contributed by atoms with E-state index in [1.807, 2.05) is 0 Å². The topological polar surface area (TPSA) is 132 Å². The molecule has 2 aliphatic heterocycles. The summed E-state index contributed by atoms with van der Waals surface area (Å²) in [6.07, 6.45) is 3.88. The van der Waals surface area contributed by atoms with Crippen LogP contribution in [0.5, 0.6) is 5.88 Å². The van der Waals surface area contributed by atoms with Gasteiger partial charge in [-0.3, -0.25) is 9.97 Å². The van der Waals surface area contributed by atoms with Gasteiger partial charge in [0.05, 0.1) is 18.4 Å². The zero-order valence-corrected chi connectivity index (χ0v) is 17.3. The van der Waals surface area contributed by atoms with Crippen molar-refractivity contribution in [2.45, 2.75) is 35.6 Å². The predicted octanol–water partition coefficient (Wildman–Crippen LogP) is 1.51. The summed E-state index contributed by atoms with van der Waals surface area (Å²) in [5.74, 6) is -2.28. The number of pyridine rings is 1. The summed E-state index contributed by atoms with van der Waals surface area (Å²) in [7, 11) is -3.53. The molecule has 0 aliphatic carbocycles. The molecular weight excluding hydrogens is 457 g/mol. The van der Waals surface area contributed by atoms with Gasteiger partial charge in [-0.25, -0.2) is 18.2 Å². The molecule has 0 radical (unpaired) electrons. The van der Waals surface area contributed by atoms with E-state index in [1.54, 1.807) is 36.9 Å². The fourth-order valence-electron chi connectivity index (χ4n) is 3.24. The average Bonchev–Trinajstić information content (AvgIpc) is 2.73. The van der Waals surface area contributed by atoms with Crippen molar-refractivity contribution in [1.29, 1.82) is 0 Å². The minimum atomic E-state index is -5.08. The molecular formula is C18H19F3N4O6S. The number of rotatable bonds is 4. The van der Waals surface area contributed by atoms with Crippen LogP contribution in [0.25, 0.3) is 0 Å². The molecule has 32 heavy (non-hydrogen) atoms. The highest BCUT2D eigenvalue weighted by molar-refractivity contribution is 7.89. The third-order valence-electron chi connectivity index (χ3n) is 4.72.